The minimum Gasteiger partial charge on any atom is -0.497 e. The Bertz CT molecular complexity index is 716. The van der Waals surface area contributed by atoms with Crippen molar-refractivity contribution in [3.63, 3.8) is 0 Å². The molecule has 1 aliphatic carbocycles. The van der Waals surface area contributed by atoms with Crippen LogP contribution in [0, 0.1) is 5.92 Å². The van der Waals surface area contributed by atoms with E-state index in [1.807, 2.05) is 12.1 Å². The van der Waals surface area contributed by atoms with E-state index in [1.165, 1.54) is 38.5 Å². The van der Waals surface area contributed by atoms with Crippen LogP contribution < -0.4 is 9.47 Å². The summed E-state index contributed by atoms with van der Waals surface area (Å²) in [6, 6.07) is 6.48. The van der Waals surface area contributed by atoms with Gasteiger partial charge >= 0.3 is 0 Å². The Morgan fingerprint density at radius 3 is 2.43 bits per heavy atom. The van der Waals surface area contributed by atoms with E-state index in [9.17, 15) is 4.79 Å². The van der Waals surface area contributed by atoms with Crippen LogP contribution in [0.5, 0.6) is 11.5 Å². The molecule has 0 aromatic heterocycles. The second-order valence-corrected chi connectivity index (χ2v) is 9.07. The number of benzene rings is 1. The highest BCUT2D eigenvalue weighted by Gasteiger charge is 2.36. The number of carbonyl (C=O) groups is 1. The van der Waals surface area contributed by atoms with Crippen LogP contribution in [0.2, 0.25) is 0 Å². The molecule has 3 aliphatic rings. The van der Waals surface area contributed by atoms with Crippen LogP contribution in [0.1, 0.15) is 44.1 Å². The maximum atomic E-state index is 13.1. The summed E-state index contributed by atoms with van der Waals surface area (Å²) in [6.07, 6.45) is 7.68. The Labute approximate surface area is 181 Å². The van der Waals surface area contributed by atoms with Gasteiger partial charge in [-0.3, -0.25) is 14.6 Å². The zero-order chi connectivity index (χ0) is 20.9. The summed E-state index contributed by atoms with van der Waals surface area (Å²) in [5.74, 6) is 2.87. The van der Waals surface area contributed by atoms with Gasteiger partial charge in [-0.05, 0) is 49.8 Å². The van der Waals surface area contributed by atoms with Gasteiger partial charge in [-0.2, -0.15) is 0 Å². The summed E-state index contributed by atoms with van der Waals surface area (Å²) in [5.41, 5.74) is 1.15. The summed E-state index contributed by atoms with van der Waals surface area (Å²) < 4.78 is 10.9. The van der Waals surface area contributed by atoms with E-state index in [0.29, 0.717) is 18.5 Å². The van der Waals surface area contributed by atoms with Crippen LogP contribution in [0.15, 0.2) is 18.2 Å². The first-order valence-corrected chi connectivity index (χ1v) is 11.6. The zero-order valence-electron chi connectivity index (χ0n) is 18.6. The highest BCUT2D eigenvalue weighted by molar-refractivity contribution is 5.78. The quantitative estimate of drug-likeness (QED) is 0.715. The van der Waals surface area contributed by atoms with E-state index in [2.05, 4.69) is 20.8 Å². The molecule has 2 atom stereocenters. The second-order valence-electron chi connectivity index (χ2n) is 9.07. The predicted molar refractivity (Wildman–Crippen MR) is 118 cm³/mol. The third kappa shape index (κ3) is 4.92. The molecule has 1 saturated carbocycles. The monoisotopic (exact) mass is 415 g/mol. The molecule has 3 fully saturated rings. The van der Waals surface area contributed by atoms with Gasteiger partial charge in [0.25, 0.3) is 0 Å². The average molecular weight is 416 g/mol. The molecule has 0 bridgehead atoms. The number of methoxy groups -OCH3 is 2. The molecule has 6 heteroatoms. The minimum atomic E-state index is 0.356. The number of fused-ring (bicyclic) bond motifs is 1. The van der Waals surface area contributed by atoms with Crippen molar-refractivity contribution in [3.05, 3.63) is 23.8 Å². The van der Waals surface area contributed by atoms with Crippen LogP contribution in [0.3, 0.4) is 0 Å². The molecule has 2 aliphatic heterocycles. The van der Waals surface area contributed by atoms with Crippen molar-refractivity contribution in [2.45, 2.75) is 51.1 Å². The van der Waals surface area contributed by atoms with Gasteiger partial charge in [-0.1, -0.05) is 12.8 Å². The first-order chi connectivity index (χ1) is 14.7. The van der Waals surface area contributed by atoms with E-state index < -0.39 is 0 Å². The predicted octanol–water partition coefficient (Wildman–Crippen LogP) is 3.00. The van der Waals surface area contributed by atoms with Crippen LogP contribution in [-0.4, -0.2) is 80.1 Å². The first-order valence-electron chi connectivity index (χ1n) is 11.6. The molecule has 0 unspecified atom stereocenters. The molecule has 30 heavy (non-hydrogen) atoms. The third-order valence-electron chi connectivity index (χ3n) is 7.27. The lowest BCUT2D eigenvalue weighted by Gasteiger charge is -2.45. The Morgan fingerprint density at radius 1 is 0.933 bits per heavy atom. The SMILES string of the molecule is COc1ccc(OC)c(CN2CCN(CC(=O)N3CCC[C@@H]4CCCC[C@H]43)CC2)c1. The van der Waals surface area contributed by atoms with E-state index in [0.717, 1.165) is 62.2 Å². The first kappa shape index (κ1) is 21.4. The van der Waals surface area contributed by atoms with E-state index in [1.54, 1.807) is 14.2 Å². The summed E-state index contributed by atoms with van der Waals surface area (Å²) in [6.45, 7) is 6.23. The number of likely N-dealkylation sites (tertiary alicyclic amines) is 1. The van der Waals surface area contributed by atoms with Gasteiger partial charge in [0, 0.05) is 50.9 Å². The Hall–Kier alpha value is -1.79. The molecule has 2 saturated heterocycles. The molecule has 1 aromatic carbocycles. The molecule has 1 aromatic rings. The van der Waals surface area contributed by atoms with Gasteiger partial charge in [0.2, 0.25) is 5.91 Å². The van der Waals surface area contributed by atoms with Crippen molar-refractivity contribution in [2.75, 3.05) is 53.5 Å². The van der Waals surface area contributed by atoms with Crippen molar-refractivity contribution in [2.24, 2.45) is 5.92 Å². The summed E-state index contributed by atoms with van der Waals surface area (Å²) >= 11 is 0. The maximum absolute atomic E-state index is 13.1. The van der Waals surface area contributed by atoms with Crippen LogP contribution in [-0.2, 0) is 11.3 Å². The fourth-order valence-corrected chi connectivity index (χ4v) is 5.57. The molecule has 6 nitrogen and oxygen atoms in total. The molecule has 0 radical (unpaired) electrons. The van der Waals surface area contributed by atoms with Crippen molar-refractivity contribution in [3.8, 4) is 11.5 Å². The Morgan fingerprint density at radius 2 is 1.67 bits per heavy atom. The smallest absolute Gasteiger partial charge is 0.237 e. The number of piperidine rings is 1. The molecule has 166 valence electrons. The fourth-order valence-electron chi connectivity index (χ4n) is 5.57. The normalized spacial score (nSPS) is 25.6. The molecule has 1 amide bonds. The van der Waals surface area contributed by atoms with Gasteiger partial charge in [0.1, 0.15) is 11.5 Å². The largest absolute Gasteiger partial charge is 0.497 e. The number of amides is 1. The van der Waals surface area contributed by atoms with Crippen LogP contribution in [0.4, 0.5) is 0 Å². The number of hydrogen-bond donors (Lipinski definition) is 0. The molecule has 0 spiro atoms. The number of piperazine rings is 1. The van der Waals surface area contributed by atoms with Gasteiger partial charge in [0.15, 0.2) is 0 Å². The topological polar surface area (TPSA) is 45.3 Å². The van der Waals surface area contributed by atoms with Gasteiger partial charge < -0.3 is 14.4 Å². The molecular formula is C24H37N3O3. The number of rotatable bonds is 6. The molecular weight excluding hydrogens is 378 g/mol. The van der Waals surface area contributed by atoms with Crippen molar-refractivity contribution in [1.82, 2.24) is 14.7 Å². The Balaban J connectivity index is 1.28. The van der Waals surface area contributed by atoms with E-state index >= 15 is 0 Å². The molecule has 0 N–H and O–H groups in total. The number of nitrogens with zero attached hydrogens (tertiary/aromatic N) is 3. The van der Waals surface area contributed by atoms with Crippen LogP contribution in [0.25, 0.3) is 0 Å². The van der Waals surface area contributed by atoms with Crippen molar-refractivity contribution >= 4 is 5.91 Å². The lowest BCUT2D eigenvalue weighted by atomic mass is 9.78. The van der Waals surface area contributed by atoms with Gasteiger partial charge in [0.05, 0.1) is 20.8 Å². The number of hydrogen-bond acceptors (Lipinski definition) is 5. The molecule has 4 rings (SSSR count). The van der Waals surface area contributed by atoms with E-state index in [-0.39, 0.29) is 0 Å². The van der Waals surface area contributed by atoms with Gasteiger partial charge in [-0.15, -0.1) is 0 Å². The lowest BCUT2D eigenvalue weighted by molar-refractivity contribution is -0.139. The van der Waals surface area contributed by atoms with Crippen molar-refractivity contribution < 1.29 is 14.3 Å². The Kier molecular flexibility index (Phi) is 7.16. The fraction of sp³-hybridized carbons (Fsp3) is 0.708. The number of carbonyl (C=O) groups excluding carboxylic acids is 1. The lowest BCUT2D eigenvalue weighted by Crippen LogP contribution is -2.54. The average Bonchev–Trinajstić information content (AvgIpc) is 2.79. The van der Waals surface area contributed by atoms with Crippen molar-refractivity contribution in [1.29, 1.82) is 0 Å². The number of ether oxygens (including phenoxy) is 2. The summed E-state index contributed by atoms with van der Waals surface area (Å²) in [5, 5.41) is 0. The second kappa shape index (κ2) is 10.0. The van der Waals surface area contributed by atoms with Crippen LogP contribution >= 0.6 is 0 Å². The summed E-state index contributed by atoms with van der Waals surface area (Å²) in [4.78, 5) is 20.1. The van der Waals surface area contributed by atoms with Gasteiger partial charge in [-0.25, -0.2) is 0 Å². The highest BCUT2D eigenvalue weighted by atomic mass is 16.5. The third-order valence-corrected chi connectivity index (χ3v) is 7.27. The summed E-state index contributed by atoms with van der Waals surface area (Å²) in [7, 11) is 3.41. The zero-order valence-corrected chi connectivity index (χ0v) is 18.6. The van der Waals surface area contributed by atoms with E-state index in [4.69, 9.17) is 9.47 Å². The standard InChI is InChI=1S/C24H37N3O3/c1-29-21-9-10-23(30-2)20(16-21)17-25-12-14-26(15-13-25)18-24(28)27-11-5-7-19-6-3-4-8-22(19)27/h9-10,16,19,22H,3-8,11-15,17-18H2,1-2H3/t19-,22+/m0/s1. The highest BCUT2D eigenvalue weighted by Crippen LogP contribution is 2.35. The molecule has 2 heterocycles. The maximum Gasteiger partial charge on any atom is 0.237 e. The minimum absolute atomic E-state index is 0.356.